The topological polar surface area (TPSA) is 111 Å². The van der Waals surface area contributed by atoms with Gasteiger partial charge < -0.3 is 24.1 Å². The molecule has 2 fully saturated rings. The van der Waals surface area contributed by atoms with Crippen molar-refractivity contribution in [1.82, 2.24) is 30.1 Å². The highest BCUT2D eigenvalue weighted by atomic mass is 19.1. The van der Waals surface area contributed by atoms with Gasteiger partial charge in [0.2, 0.25) is 6.79 Å². The lowest BCUT2D eigenvalue weighted by Crippen LogP contribution is -2.49. The predicted octanol–water partition coefficient (Wildman–Crippen LogP) is 2.47. The smallest absolute Gasteiger partial charge is 0.253 e. The highest BCUT2D eigenvalue weighted by molar-refractivity contribution is 5.83. The maximum atomic E-state index is 14.5. The molecule has 0 saturated carbocycles. The number of ether oxygens (including phenoxy) is 3. The van der Waals surface area contributed by atoms with Crippen LogP contribution in [0.3, 0.4) is 0 Å². The van der Waals surface area contributed by atoms with Gasteiger partial charge in [-0.1, -0.05) is 12.1 Å². The van der Waals surface area contributed by atoms with E-state index in [9.17, 15) is 9.18 Å². The van der Waals surface area contributed by atoms with Crippen molar-refractivity contribution in [3.63, 3.8) is 0 Å². The van der Waals surface area contributed by atoms with Crippen LogP contribution < -0.4 is 19.9 Å². The van der Waals surface area contributed by atoms with Gasteiger partial charge in [0.1, 0.15) is 11.9 Å². The van der Waals surface area contributed by atoms with Gasteiger partial charge in [0, 0.05) is 49.8 Å². The molecule has 2 aromatic carbocycles. The number of H-pyrrole nitrogens is 1. The van der Waals surface area contributed by atoms with Crippen molar-refractivity contribution in [3.05, 3.63) is 70.0 Å². The summed E-state index contributed by atoms with van der Waals surface area (Å²) >= 11 is 0. The van der Waals surface area contributed by atoms with Gasteiger partial charge in [-0.25, -0.2) is 9.07 Å². The van der Waals surface area contributed by atoms with E-state index in [2.05, 4.69) is 25.4 Å². The van der Waals surface area contributed by atoms with E-state index >= 15 is 0 Å². The number of benzene rings is 2. The first-order valence-electron chi connectivity index (χ1n) is 13.2. The van der Waals surface area contributed by atoms with Crippen molar-refractivity contribution in [2.75, 3.05) is 44.5 Å². The number of halogens is 1. The van der Waals surface area contributed by atoms with E-state index in [1.807, 2.05) is 23.1 Å². The van der Waals surface area contributed by atoms with Crippen molar-refractivity contribution in [2.24, 2.45) is 0 Å². The lowest BCUT2D eigenvalue weighted by molar-refractivity contribution is 0.0906. The highest BCUT2D eigenvalue weighted by Crippen LogP contribution is 2.36. The van der Waals surface area contributed by atoms with E-state index in [0.29, 0.717) is 66.8 Å². The Morgan fingerprint density at radius 1 is 1.08 bits per heavy atom. The number of nitrogens with one attached hydrogen (secondary N) is 1. The number of hydrogen-bond acceptors (Lipinski definition) is 9. The fourth-order valence-electron chi connectivity index (χ4n) is 5.76. The largest absolute Gasteiger partial charge is 0.454 e. The van der Waals surface area contributed by atoms with Crippen molar-refractivity contribution in [3.8, 4) is 11.5 Å². The normalized spacial score (nSPS) is 20.1. The number of para-hydroxylation sites is 1. The first kappa shape index (κ1) is 24.0. The number of pyridine rings is 1. The molecule has 0 spiro atoms. The second-order valence-electron chi connectivity index (χ2n) is 10.1. The maximum Gasteiger partial charge on any atom is 0.253 e. The number of tetrazole rings is 1. The summed E-state index contributed by atoms with van der Waals surface area (Å²) in [7, 11) is 0. The van der Waals surface area contributed by atoms with Crippen LogP contribution in [-0.4, -0.2) is 75.8 Å². The summed E-state index contributed by atoms with van der Waals surface area (Å²) < 4.78 is 33.2. The molecule has 0 unspecified atom stereocenters. The summed E-state index contributed by atoms with van der Waals surface area (Å²) in [6.07, 6.45) is 1.97. The van der Waals surface area contributed by atoms with Gasteiger partial charge >= 0.3 is 0 Å². The van der Waals surface area contributed by atoms with Gasteiger partial charge in [-0.2, -0.15) is 0 Å². The van der Waals surface area contributed by atoms with Gasteiger partial charge in [-0.15, -0.1) is 5.10 Å². The van der Waals surface area contributed by atoms with Crippen molar-refractivity contribution in [1.29, 1.82) is 0 Å². The first-order chi connectivity index (χ1) is 19.1. The Bertz CT molecular complexity index is 1560. The molecule has 202 valence electrons. The third-order valence-corrected chi connectivity index (χ3v) is 7.74. The zero-order valence-electron chi connectivity index (χ0n) is 21.3. The molecule has 0 radical (unpaired) electrons. The molecule has 4 aromatic rings. The number of aromatic nitrogens is 5. The molecule has 7 rings (SSSR count). The Morgan fingerprint density at radius 2 is 1.90 bits per heavy atom. The second-order valence-corrected chi connectivity index (χ2v) is 10.1. The number of nitrogens with zero attached hydrogens (tertiary/aromatic N) is 6. The summed E-state index contributed by atoms with van der Waals surface area (Å²) in [6.45, 7) is 3.75. The average molecular weight is 534 g/mol. The zero-order valence-corrected chi connectivity index (χ0v) is 21.3. The molecule has 0 amide bonds. The SMILES string of the molecule is O=c1[nH]c2cc3c(cc2cc1[C@@H](c1nnnn1C[C@@H]1CCCO1)N1CCN(c2ccccc2F)CC1)OCO3. The van der Waals surface area contributed by atoms with Crippen molar-refractivity contribution >= 4 is 16.6 Å². The number of piperazine rings is 1. The lowest BCUT2D eigenvalue weighted by Gasteiger charge is -2.39. The second kappa shape index (κ2) is 9.93. The van der Waals surface area contributed by atoms with Crippen LogP contribution in [0, 0.1) is 5.82 Å². The summed E-state index contributed by atoms with van der Waals surface area (Å²) in [5.41, 5.74) is 1.55. The molecule has 12 heteroatoms. The summed E-state index contributed by atoms with van der Waals surface area (Å²) in [4.78, 5) is 20.8. The predicted molar refractivity (Wildman–Crippen MR) is 140 cm³/mol. The molecule has 3 aliphatic rings. The lowest BCUT2D eigenvalue weighted by atomic mass is 10.0. The van der Waals surface area contributed by atoms with Gasteiger partial charge in [0.05, 0.1) is 23.9 Å². The summed E-state index contributed by atoms with van der Waals surface area (Å²) in [5, 5.41) is 13.5. The Hall–Kier alpha value is -4.03. The highest BCUT2D eigenvalue weighted by Gasteiger charge is 2.34. The van der Waals surface area contributed by atoms with Crippen LogP contribution in [0.2, 0.25) is 0 Å². The third kappa shape index (κ3) is 4.49. The minimum Gasteiger partial charge on any atom is -0.454 e. The van der Waals surface area contributed by atoms with Gasteiger partial charge in [0.15, 0.2) is 17.3 Å². The van der Waals surface area contributed by atoms with E-state index < -0.39 is 6.04 Å². The Morgan fingerprint density at radius 3 is 2.69 bits per heavy atom. The molecule has 2 aromatic heterocycles. The van der Waals surface area contributed by atoms with Crippen LogP contribution in [-0.2, 0) is 11.3 Å². The van der Waals surface area contributed by atoms with E-state index in [0.717, 1.165) is 24.8 Å². The summed E-state index contributed by atoms with van der Waals surface area (Å²) in [6, 6.07) is 11.8. The molecular weight excluding hydrogens is 505 g/mol. The van der Waals surface area contributed by atoms with E-state index in [-0.39, 0.29) is 24.3 Å². The number of rotatable bonds is 6. The molecule has 1 N–H and O–H groups in total. The molecule has 2 saturated heterocycles. The molecule has 5 heterocycles. The van der Waals surface area contributed by atoms with E-state index in [4.69, 9.17) is 14.2 Å². The minimum atomic E-state index is -0.511. The number of aromatic amines is 1. The molecular formula is C27H28FN7O4. The van der Waals surface area contributed by atoms with Crippen LogP contribution in [0.15, 0.2) is 47.3 Å². The summed E-state index contributed by atoms with van der Waals surface area (Å²) in [5.74, 6) is 1.58. The monoisotopic (exact) mass is 533 g/mol. The quantitative estimate of drug-likeness (QED) is 0.400. The molecule has 0 aliphatic carbocycles. The van der Waals surface area contributed by atoms with Crippen LogP contribution in [0.1, 0.15) is 30.3 Å². The fourth-order valence-corrected chi connectivity index (χ4v) is 5.76. The van der Waals surface area contributed by atoms with Crippen LogP contribution in [0.4, 0.5) is 10.1 Å². The van der Waals surface area contributed by atoms with Gasteiger partial charge in [0.25, 0.3) is 5.56 Å². The average Bonchev–Trinajstić information content (AvgIpc) is 3.72. The number of fused-ring (bicyclic) bond motifs is 2. The molecule has 0 bridgehead atoms. The maximum absolute atomic E-state index is 14.5. The van der Waals surface area contributed by atoms with Gasteiger partial charge in [-0.05, 0) is 47.5 Å². The van der Waals surface area contributed by atoms with E-state index in [1.54, 1.807) is 22.9 Å². The Balaban J connectivity index is 1.26. The van der Waals surface area contributed by atoms with Crippen LogP contribution in [0.25, 0.3) is 10.9 Å². The Labute approximate surface area is 223 Å². The molecule has 2 atom stereocenters. The fraction of sp³-hybridized carbons (Fsp3) is 0.407. The standard InChI is InChI=1S/C27H28FN7O4/c28-20-5-1-2-6-22(20)33-7-9-34(10-8-33)25(26-30-31-32-35(26)15-18-4-3-11-37-18)19-12-17-13-23-24(39-16-38-23)14-21(17)29-27(19)36/h1-2,5-6,12-14,18,25H,3-4,7-11,15-16H2,(H,29,36)/t18-,25-/m0/s1. The molecule has 39 heavy (non-hydrogen) atoms. The van der Waals surface area contributed by atoms with Crippen molar-refractivity contribution in [2.45, 2.75) is 31.5 Å². The molecule has 11 nitrogen and oxygen atoms in total. The minimum absolute atomic E-state index is 0.0282. The zero-order chi connectivity index (χ0) is 26.3. The molecule has 3 aliphatic heterocycles. The van der Waals surface area contributed by atoms with Crippen molar-refractivity contribution < 1.29 is 18.6 Å². The van der Waals surface area contributed by atoms with Crippen LogP contribution in [0.5, 0.6) is 11.5 Å². The first-order valence-corrected chi connectivity index (χ1v) is 13.2. The van der Waals surface area contributed by atoms with Crippen LogP contribution >= 0.6 is 0 Å². The van der Waals surface area contributed by atoms with Gasteiger partial charge in [-0.3, -0.25) is 9.69 Å². The number of hydrogen-bond donors (Lipinski definition) is 1. The number of anilines is 1. The van der Waals surface area contributed by atoms with E-state index in [1.165, 1.54) is 6.07 Å². The Kier molecular flexibility index (Phi) is 6.12. The third-order valence-electron chi connectivity index (χ3n) is 7.74.